The first kappa shape index (κ1) is 40.4. The van der Waals surface area contributed by atoms with Crippen molar-refractivity contribution < 1.29 is 29.3 Å². The van der Waals surface area contributed by atoms with Gasteiger partial charge in [-0.3, -0.25) is 4.98 Å². The Morgan fingerprint density at radius 3 is 1.33 bits per heavy atom. The van der Waals surface area contributed by atoms with E-state index in [0.717, 1.165) is 107 Å². The zero-order valence-electron chi connectivity index (χ0n) is 33.7. The first-order valence-electron chi connectivity index (χ1n) is 20.5. The number of esters is 2. The van der Waals surface area contributed by atoms with Gasteiger partial charge in [0.1, 0.15) is 12.2 Å². The predicted molar refractivity (Wildman–Crippen MR) is 229 cm³/mol. The number of nitrogens with zero attached hydrogens (tertiary/aromatic N) is 2. The van der Waals surface area contributed by atoms with Crippen molar-refractivity contribution in [2.24, 2.45) is 0 Å². The molecule has 10 heteroatoms. The first-order valence-corrected chi connectivity index (χ1v) is 20.5. The molecule has 5 heterocycles. The van der Waals surface area contributed by atoms with Crippen molar-refractivity contribution in [2.45, 2.75) is 90.3 Å². The number of carbonyl (C=O) groups excluding carboxylic acids is 2. The summed E-state index contributed by atoms with van der Waals surface area (Å²) in [7, 11) is 2.72. The molecule has 2 aliphatic heterocycles. The molecule has 0 unspecified atom stereocenters. The number of aryl methyl sites for hydroxylation is 2. The van der Waals surface area contributed by atoms with E-state index in [1.165, 1.54) is 14.2 Å². The van der Waals surface area contributed by atoms with E-state index < -0.39 is 24.1 Å². The quantitative estimate of drug-likeness (QED) is 0.0630. The Bertz CT molecular complexity index is 2310. The standard InChI is InChI=1S/C48H52N4O6/c1-5-7-9-11-13-33-35-23-25-37(49-35)41(29-15-19-31(20-16-29)47(55)57-3)39-27-28-40(51-39)42(30-17-21-32(22-18-30)48(56)58-4)38-26-24-36(50-38)34(14-12-10-8-6-2)44-46(54)45(53)43(33)52-44/h15-28,45-46,49-50,53-54H,5-14H2,1-4H3/t45-,46+. The Labute approximate surface area is 339 Å². The van der Waals surface area contributed by atoms with Crippen molar-refractivity contribution in [1.82, 2.24) is 19.9 Å². The van der Waals surface area contributed by atoms with E-state index in [1.807, 2.05) is 60.7 Å². The van der Waals surface area contributed by atoms with Crippen molar-refractivity contribution in [3.05, 3.63) is 118 Å². The number of hydrogen-bond donors (Lipinski definition) is 4. The number of hydrogen-bond acceptors (Lipinski definition) is 8. The average molecular weight is 781 g/mol. The van der Waals surface area contributed by atoms with Crippen LogP contribution in [-0.2, 0) is 22.3 Å². The predicted octanol–water partition coefficient (Wildman–Crippen LogP) is 10.4. The van der Waals surface area contributed by atoms with Crippen LogP contribution in [0.4, 0.5) is 0 Å². The summed E-state index contributed by atoms with van der Waals surface area (Å²) in [5.74, 6) is -0.850. The molecule has 0 amide bonds. The average Bonchev–Trinajstić information content (AvgIpc) is 4.08. The van der Waals surface area contributed by atoms with Gasteiger partial charge in [-0.15, -0.1) is 0 Å². The van der Waals surface area contributed by atoms with E-state index in [0.29, 0.717) is 46.7 Å². The first-order chi connectivity index (χ1) is 28.3. The molecule has 2 aromatic carbocycles. The van der Waals surface area contributed by atoms with Gasteiger partial charge in [0.25, 0.3) is 0 Å². The van der Waals surface area contributed by atoms with Crippen molar-refractivity contribution in [2.75, 3.05) is 14.2 Å². The minimum atomic E-state index is -1.21. The van der Waals surface area contributed by atoms with Crippen LogP contribution in [0.5, 0.6) is 0 Å². The number of rotatable bonds is 14. The number of ether oxygens (including phenoxy) is 2. The molecule has 0 saturated heterocycles. The Balaban J connectivity index is 1.58. The fraction of sp³-hybridized carbons (Fsp3) is 0.333. The minimum absolute atomic E-state index is 0.425. The van der Waals surface area contributed by atoms with Gasteiger partial charge in [0.05, 0.1) is 48.1 Å². The van der Waals surface area contributed by atoms with Crippen LogP contribution in [0.2, 0.25) is 0 Å². The number of carbonyl (C=O) groups is 2. The maximum atomic E-state index is 12.4. The van der Waals surface area contributed by atoms with Gasteiger partial charge in [-0.2, -0.15) is 0 Å². The van der Waals surface area contributed by atoms with Gasteiger partial charge in [0, 0.05) is 33.2 Å². The maximum Gasteiger partial charge on any atom is 0.337 e. The fourth-order valence-corrected chi connectivity index (χ4v) is 8.05. The molecule has 3 aromatic heterocycles. The molecular formula is C48H52N4O6. The normalized spacial score (nSPS) is 14.8. The number of unbranched alkanes of at least 4 members (excludes halogenated alkanes) is 6. The third-order valence-corrected chi connectivity index (χ3v) is 11.2. The number of benzene rings is 2. The van der Waals surface area contributed by atoms with Crippen LogP contribution in [0.1, 0.15) is 132 Å². The molecule has 0 fully saturated rings. The van der Waals surface area contributed by atoms with E-state index in [1.54, 1.807) is 24.3 Å². The second kappa shape index (κ2) is 18.2. The van der Waals surface area contributed by atoms with E-state index in [9.17, 15) is 19.8 Å². The summed E-state index contributed by atoms with van der Waals surface area (Å²) < 4.78 is 9.96. The number of aliphatic hydroxyl groups is 2. The molecule has 8 bridgehead atoms. The highest BCUT2D eigenvalue weighted by molar-refractivity contribution is 5.97. The van der Waals surface area contributed by atoms with Crippen molar-refractivity contribution >= 4 is 46.2 Å². The molecular weight excluding hydrogens is 729 g/mol. The van der Waals surface area contributed by atoms with Gasteiger partial charge in [-0.25, -0.2) is 14.6 Å². The lowest BCUT2D eigenvalue weighted by molar-refractivity contribution is 0.0245. The molecule has 0 aliphatic carbocycles. The second-order valence-corrected chi connectivity index (χ2v) is 15.0. The van der Waals surface area contributed by atoms with Crippen molar-refractivity contribution in [3.63, 3.8) is 0 Å². The molecule has 0 radical (unpaired) electrons. The van der Waals surface area contributed by atoms with Crippen molar-refractivity contribution in [1.29, 1.82) is 0 Å². The number of aliphatic hydroxyl groups excluding tert-OH is 2. The molecule has 10 nitrogen and oxygen atoms in total. The number of H-pyrrole nitrogens is 2. The molecule has 7 rings (SSSR count). The summed E-state index contributed by atoms with van der Waals surface area (Å²) in [6, 6.07) is 22.6. The molecule has 5 aromatic rings. The lowest BCUT2D eigenvalue weighted by Gasteiger charge is -2.13. The second-order valence-electron chi connectivity index (χ2n) is 15.0. The molecule has 2 atom stereocenters. The Morgan fingerprint density at radius 2 is 0.948 bits per heavy atom. The van der Waals surface area contributed by atoms with Gasteiger partial charge in [0.15, 0.2) is 0 Å². The van der Waals surface area contributed by atoms with Crippen LogP contribution in [0.3, 0.4) is 0 Å². The number of nitrogens with one attached hydrogen (secondary N) is 2. The molecule has 0 saturated carbocycles. The third-order valence-electron chi connectivity index (χ3n) is 11.2. The van der Waals surface area contributed by atoms with E-state index in [2.05, 4.69) is 23.8 Å². The fourth-order valence-electron chi connectivity index (χ4n) is 8.05. The van der Waals surface area contributed by atoms with Gasteiger partial charge >= 0.3 is 11.9 Å². The summed E-state index contributed by atoms with van der Waals surface area (Å²) in [6.07, 6.45) is 11.2. The third kappa shape index (κ3) is 8.26. The minimum Gasteiger partial charge on any atom is -0.465 e. The van der Waals surface area contributed by atoms with Crippen molar-refractivity contribution in [3.8, 4) is 22.3 Å². The number of aromatic nitrogens is 4. The molecule has 2 aliphatic rings. The summed E-state index contributed by atoms with van der Waals surface area (Å²) in [6.45, 7) is 4.37. The van der Waals surface area contributed by atoms with Gasteiger partial charge in [-0.05, 0) is 109 Å². The Kier molecular flexibility index (Phi) is 12.6. The van der Waals surface area contributed by atoms with Crippen LogP contribution < -0.4 is 0 Å². The van der Waals surface area contributed by atoms with Crippen LogP contribution >= 0.6 is 0 Å². The summed E-state index contributed by atoms with van der Waals surface area (Å²) in [4.78, 5) is 42.6. The zero-order chi connectivity index (χ0) is 40.8. The van der Waals surface area contributed by atoms with E-state index >= 15 is 0 Å². The van der Waals surface area contributed by atoms with E-state index in [-0.39, 0.29) is 0 Å². The van der Waals surface area contributed by atoms with Gasteiger partial charge in [0.2, 0.25) is 0 Å². The number of fused-ring (bicyclic) bond motifs is 8. The van der Waals surface area contributed by atoms with Crippen LogP contribution in [-0.4, -0.2) is 56.3 Å². The lowest BCUT2D eigenvalue weighted by atomic mass is 9.98. The smallest absolute Gasteiger partial charge is 0.337 e. The molecule has 300 valence electrons. The highest BCUT2D eigenvalue weighted by Gasteiger charge is 2.33. The number of aromatic amines is 2. The highest BCUT2D eigenvalue weighted by atomic mass is 16.5. The number of methoxy groups -OCH3 is 2. The molecule has 58 heavy (non-hydrogen) atoms. The largest absolute Gasteiger partial charge is 0.465 e. The van der Waals surface area contributed by atoms with Crippen LogP contribution in [0, 0.1) is 0 Å². The summed E-state index contributed by atoms with van der Waals surface area (Å²) >= 11 is 0. The lowest BCUT2D eigenvalue weighted by Crippen LogP contribution is -2.07. The van der Waals surface area contributed by atoms with Crippen LogP contribution in [0.15, 0.2) is 72.8 Å². The van der Waals surface area contributed by atoms with Gasteiger partial charge < -0.3 is 29.7 Å². The van der Waals surface area contributed by atoms with Gasteiger partial charge in [-0.1, -0.05) is 76.6 Å². The topological polar surface area (TPSA) is 150 Å². The van der Waals surface area contributed by atoms with Crippen LogP contribution in [0.25, 0.3) is 56.5 Å². The maximum absolute atomic E-state index is 12.4. The Hall–Kier alpha value is -5.84. The monoisotopic (exact) mass is 780 g/mol. The summed E-state index contributed by atoms with van der Waals surface area (Å²) in [5, 5.41) is 23.7. The summed E-state index contributed by atoms with van der Waals surface area (Å²) in [5.41, 5.74) is 11.4. The molecule has 4 N–H and O–H groups in total. The molecule has 0 spiro atoms. The van der Waals surface area contributed by atoms with E-state index in [4.69, 9.17) is 19.4 Å². The zero-order valence-corrected chi connectivity index (χ0v) is 33.7. The Morgan fingerprint density at radius 1 is 0.552 bits per heavy atom. The SMILES string of the molecule is CCCCCCc1c2nc(c(CCCCCC)c3ccc([nH]3)c(-c3ccc(C(=O)OC)cc3)c3nc(c(-c4ccc(C(=O)OC)cc4)c4ccc1[nH]4)C=C3)[C@H](O)[C@@H]2O. The highest BCUT2D eigenvalue weighted by Crippen LogP contribution is 2.40.